The lowest BCUT2D eigenvalue weighted by Gasteiger charge is -1.95. The molecule has 0 aromatic carbocycles. The number of carbonyl (C=O) groups excluding carboxylic acids is 1. The number of aromatic nitrogens is 4. The summed E-state index contributed by atoms with van der Waals surface area (Å²) in [5.41, 5.74) is 0.119. The normalized spacial score (nSPS) is 10.1. The van der Waals surface area contributed by atoms with E-state index >= 15 is 0 Å². The molecule has 0 radical (unpaired) electrons. The molecule has 6 nitrogen and oxygen atoms in total. The van der Waals surface area contributed by atoms with Crippen molar-refractivity contribution in [2.24, 2.45) is 0 Å². The van der Waals surface area contributed by atoms with E-state index < -0.39 is 5.97 Å². The first kappa shape index (κ1) is 10.7. The summed E-state index contributed by atoms with van der Waals surface area (Å²) in [6.45, 7) is 0. The predicted octanol–water partition coefficient (Wildman–Crippen LogP) is 1.21. The molecule has 0 aliphatic carbocycles. The van der Waals surface area contributed by atoms with Crippen LogP contribution in [0.5, 0.6) is 0 Å². The van der Waals surface area contributed by atoms with E-state index in [2.05, 4.69) is 35.8 Å². The van der Waals surface area contributed by atoms with Crippen molar-refractivity contribution in [2.45, 2.75) is 0 Å². The van der Waals surface area contributed by atoms with Crippen LogP contribution in [0.25, 0.3) is 5.82 Å². The number of esters is 1. The molecule has 0 bridgehead atoms. The molecular weight excluding hydrogens is 276 g/mol. The van der Waals surface area contributed by atoms with Gasteiger partial charge >= 0.3 is 5.97 Å². The Balaban J connectivity index is 2.42. The quantitative estimate of drug-likeness (QED) is 0.775. The lowest BCUT2D eigenvalue weighted by Crippen LogP contribution is -2.05. The van der Waals surface area contributed by atoms with E-state index in [0.717, 1.165) is 0 Å². The Bertz CT molecular complexity index is 511. The van der Waals surface area contributed by atoms with E-state index in [1.54, 1.807) is 24.4 Å². The number of hydrogen-bond donors (Lipinski definition) is 0. The molecule has 16 heavy (non-hydrogen) atoms. The number of methoxy groups -OCH3 is 1. The summed E-state index contributed by atoms with van der Waals surface area (Å²) >= 11 is 3.13. The first-order valence-electron chi connectivity index (χ1n) is 4.35. The van der Waals surface area contributed by atoms with E-state index in [0.29, 0.717) is 10.4 Å². The Morgan fingerprint density at radius 1 is 1.44 bits per heavy atom. The molecular formula is C9H7BrN4O2. The molecule has 0 aliphatic rings. The fraction of sp³-hybridized carbons (Fsp3) is 0.111. The number of hydrogen-bond acceptors (Lipinski definition) is 5. The molecule has 0 N–H and O–H groups in total. The van der Waals surface area contributed by atoms with E-state index in [-0.39, 0.29) is 5.69 Å². The molecule has 0 amide bonds. The van der Waals surface area contributed by atoms with Gasteiger partial charge in [0.15, 0.2) is 10.4 Å². The Labute approximate surface area is 99.4 Å². The average molecular weight is 283 g/mol. The molecule has 0 fully saturated rings. The van der Waals surface area contributed by atoms with Crippen LogP contribution in [-0.2, 0) is 4.74 Å². The fourth-order valence-corrected chi connectivity index (χ4v) is 1.48. The second kappa shape index (κ2) is 4.40. The summed E-state index contributed by atoms with van der Waals surface area (Å²) in [6.07, 6.45) is 1.62. The molecule has 0 spiro atoms. The van der Waals surface area contributed by atoms with Gasteiger partial charge in [0.25, 0.3) is 0 Å². The highest BCUT2D eigenvalue weighted by molar-refractivity contribution is 9.10. The second-order valence-corrected chi connectivity index (χ2v) is 3.56. The van der Waals surface area contributed by atoms with Crippen LogP contribution in [0.15, 0.2) is 29.0 Å². The summed E-state index contributed by atoms with van der Waals surface area (Å²) < 4.78 is 4.89. The molecule has 7 heteroatoms. The van der Waals surface area contributed by atoms with E-state index in [9.17, 15) is 4.79 Å². The lowest BCUT2D eigenvalue weighted by molar-refractivity contribution is 0.0592. The molecule has 0 aliphatic heterocycles. The van der Waals surface area contributed by atoms with Crippen molar-refractivity contribution in [1.29, 1.82) is 0 Å². The van der Waals surface area contributed by atoms with Gasteiger partial charge in [0.2, 0.25) is 5.69 Å². The third-order valence-corrected chi connectivity index (χ3v) is 2.34. The van der Waals surface area contributed by atoms with Gasteiger partial charge in [-0.05, 0) is 28.1 Å². The van der Waals surface area contributed by atoms with Crippen LogP contribution in [0.1, 0.15) is 10.5 Å². The van der Waals surface area contributed by atoms with Gasteiger partial charge in [-0.2, -0.15) is 0 Å². The summed E-state index contributed by atoms with van der Waals surface area (Å²) in [6, 6.07) is 5.31. The molecule has 2 rings (SSSR count). The van der Waals surface area contributed by atoms with Crippen LogP contribution >= 0.6 is 15.9 Å². The van der Waals surface area contributed by atoms with E-state index in [1.165, 1.54) is 11.9 Å². The van der Waals surface area contributed by atoms with Crippen molar-refractivity contribution in [1.82, 2.24) is 20.0 Å². The number of carbonyl (C=O) groups is 1. The van der Waals surface area contributed by atoms with Crippen molar-refractivity contribution in [3.05, 3.63) is 34.7 Å². The molecule has 0 saturated heterocycles. The van der Waals surface area contributed by atoms with Crippen LogP contribution in [0.4, 0.5) is 0 Å². The SMILES string of the molecule is COC(=O)c1nn(-c2ccccn2)nc1Br. The van der Waals surface area contributed by atoms with Gasteiger partial charge in [-0.3, -0.25) is 0 Å². The maximum Gasteiger partial charge on any atom is 0.361 e. The molecule has 2 aromatic rings. The van der Waals surface area contributed by atoms with Gasteiger partial charge in [-0.1, -0.05) is 6.07 Å². The monoisotopic (exact) mass is 282 g/mol. The van der Waals surface area contributed by atoms with Crippen LogP contribution in [0.3, 0.4) is 0 Å². The summed E-state index contributed by atoms with van der Waals surface area (Å²) in [4.78, 5) is 16.6. The van der Waals surface area contributed by atoms with Gasteiger partial charge in [-0.25, -0.2) is 9.78 Å². The number of rotatable bonds is 2. The molecule has 82 valence electrons. The highest BCUT2D eigenvalue weighted by atomic mass is 79.9. The van der Waals surface area contributed by atoms with Crippen LogP contribution in [0, 0.1) is 0 Å². The van der Waals surface area contributed by atoms with Gasteiger partial charge in [0.05, 0.1) is 7.11 Å². The molecule has 0 unspecified atom stereocenters. The lowest BCUT2D eigenvalue weighted by atomic mass is 10.5. The molecule has 0 saturated carbocycles. The highest BCUT2D eigenvalue weighted by Gasteiger charge is 2.17. The third kappa shape index (κ3) is 1.94. The van der Waals surface area contributed by atoms with Crippen molar-refractivity contribution >= 4 is 21.9 Å². The average Bonchev–Trinajstić information content (AvgIpc) is 2.71. The maximum absolute atomic E-state index is 11.3. The Morgan fingerprint density at radius 2 is 2.25 bits per heavy atom. The van der Waals surface area contributed by atoms with Crippen LogP contribution in [-0.4, -0.2) is 33.1 Å². The number of pyridine rings is 1. The Kier molecular flexibility index (Phi) is 2.95. The zero-order chi connectivity index (χ0) is 11.5. The number of halogens is 1. The van der Waals surface area contributed by atoms with Crippen molar-refractivity contribution in [3.8, 4) is 5.82 Å². The first-order valence-corrected chi connectivity index (χ1v) is 5.14. The van der Waals surface area contributed by atoms with Crippen molar-refractivity contribution in [3.63, 3.8) is 0 Å². The third-order valence-electron chi connectivity index (χ3n) is 1.81. The predicted molar refractivity (Wildman–Crippen MR) is 58.2 cm³/mol. The molecule has 0 atom stereocenters. The Hall–Kier alpha value is -1.76. The summed E-state index contributed by atoms with van der Waals surface area (Å²) in [7, 11) is 1.29. The van der Waals surface area contributed by atoms with Gasteiger partial charge < -0.3 is 4.74 Å². The summed E-state index contributed by atoms with van der Waals surface area (Å²) in [5, 5.41) is 7.98. The van der Waals surface area contributed by atoms with Crippen molar-refractivity contribution in [2.75, 3.05) is 7.11 Å². The van der Waals surface area contributed by atoms with E-state index in [1.807, 2.05) is 0 Å². The minimum absolute atomic E-state index is 0.119. The van der Waals surface area contributed by atoms with Crippen molar-refractivity contribution < 1.29 is 9.53 Å². The first-order chi connectivity index (χ1) is 7.72. The Morgan fingerprint density at radius 3 is 2.88 bits per heavy atom. The van der Waals surface area contributed by atoms with Crippen LogP contribution < -0.4 is 0 Å². The topological polar surface area (TPSA) is 69.9 Å². The number of nitrogens with zero attached hydrogens (tertiary/aromatic N) is 4. The minimum atomic E-state index is -0.547. The zero-order valence-corrected chi connectivity index (χ0v) is 9.88. The van der Waals surface area contributed by atoms with Gasteiger partial charge in [0.1, 0.15) is 0 Å². The largest absolute Gasteiger partial charge is 0.464 e. The highest BCUT2D eigenvalue weighted by Crippen LogP contribution is 2.13. The number of ether oxygens (including phenoxy) is 1. The van der Waals surface area contributed by atoms with E-state index in [4.69, 9.17) is 0 Å². The smallest absolute Gasteiger partial charge is 0.361 e. The van der Waals surface area contributed by atoms with Gasteiger partial charge in [-0.15, -0.1) is 15.0 Å². The summed E-state index contributed by atoms with van der Waals surface area (Å²) in [5.74, 6) is -0.0209. The fourth-order valence-electron chi connectivity index (χ4n) is 1.09. The maximum atomic E-state index is 11.3. The minimum Gasteiger partial charge on any atom is -0.464 e. The molecule has 2 aromatic heterocycles. The standard InChI is InChI=1S/C9H7BrN4O2/c1-16-9(15)7-8(10)13-14(12-7)6-4-2-3-5-11-6/h2-5H,1H3. The molecule has 2 heterocycles. The second-order valence-electron chi connectivity index (χ2n) is 2.81. The van der Waals surface area contributed by atoms with Gasteiger partial charge in [0, 0.05) is 6.20 Å². The zero-order valence-electron chi connectivity index (χ0n) is 8.29. The van der Waals surface area contributed by atoms with Crippen LogP contribution in [0.2, 0.25) is 0 Å².